The summed E-state index contributed by atoms with van der Waals surface area (Å²) in [4.78, 5) is 222. The lowest BCUT2D eigenvalue weighted by molar-refractivity contribution is -0.141. The first-order valence-electron chi connectivity index (χ1n) is 48.7. The van der Waals surface area contributed by atoms with Gasteiger partial charge < -0.3 is 124 Å². The van der Waals surface area contributed by atoms with Gasteiger partial charge in [0.15, 0.2) is 5.96 Å². The number of primary amides is 2. The molecule has 0 aliphatic heterocycles. The number of aromatic hydroxyl groups is 1. The fraction of sp³-hybridized carbons (Fsp3) is 0.753. The number of benzene rings is 1. The fourth-order valence-corrected chi connectivity index (χ4v) is 15.9. The molecular weight excluding hydrogens is 1780 g/mol. The van der Waals surface area contributed by atoms with Gasteiger partial charge in [0, 0.05) is 25.8 Å². The summed E-state index contributed by atoms with van der Waals surface area (Å²) in [5.41, 5.74) is 28.6. The third-order valence-corrected chi connectivity index (χ3v) is 24.1. The Bertz CT molecular complexity index is 3690. The number of phenolic OH excluding ortho intramolecular Hbond substituents is 1. The molecule has 770 valence electrons. The van der Waals surface area contributed by atoms with Crippen LogP contribution in [-0.4, -0.2) is 256 Å². The molecule has 0 saturated heterocycles. The van der Waals surface area contributed by atoms with Crippen LogP contribution in [0.2, 0.25) is 0 Å². The maximum Gasteiger partial charge on any atom is 0.305 e. The zero-order valence-electron chi connectivity index (χ0n) is 81.1. The Kier molecular flexibility index (Phi) is 68.9. The van der Waals surface area contributed by atoms with Crippen molar-refractivity contribution >= 4 is 124 Å². The molecule has 13 atom stereocenters. The highest BCUT2D eigenvalue weighted by Crippen LogP contribution is 2.20. The van der Waals surface area contributed by atoms with Gasteiger partial charge in [-0.1, -0.05) is 194 Å². The third-order valence-electron chi connectivity index (χ3n) is 22.8. The average molecular weight is 1950 g/mol. The first-order chi connectivity index (χ1) is 64.5. The summed E-state index contributed by atoms with van der Waals surface area (Å²) < 4.78 is 0. The van der Waals surface area contributed by atoms with E-state index in [2.05, 4.69) is 88.3 Å². The summed E-state index contributed by atoms with van der Waals surface area (Å²) in [5, 5.41) is 84.3. The van der Waals surface area contributed by atoms with Crippen molar-refractivity contribution in [3.63, 3.8) is 0 Å². The predicted octanol–water partition coefficient (Wildman–Crippen LogP) is 3.11. The van der Waals surface area contributed by atoms with Gasteiger partial charge in [-0.25, -0.2) is 0 Å². The van der Waals surface area contributed by atoms with Crippen LogP contribution in [-0.2, 0) is 83.1 Å². The number of carboxylic acid groups (broad SMARTS) is 1. The molecule has 40 nitrogen and oxygen atoms in total. The van der Waals surface area contributed by atoms with E-state index in [0.717, 1.165) is 58.3 Å². The van der Waals surface area contributed by atoms with Crippen LogP contribution >= 0.6 is 23.5 Å². The largest absolute Gasteiger partial charge is 0.508 e. The first kappa shape index (κ1) is 123. The molecular formula is C93H166N20O20S2. The summed E-state index contributed by atoms with van der Waals surface area (Å²) in [6.07, 6.45) is 29.0. The van der Waals surface area contributed by atoms with Crippen LogP contribution in [0.4, 0.5) is 0 Å². The van der Waals surface area contributed by atoms with E-state index in [1.165, 1.54) is 144 Å². The van der Waals surface area contributed by atoms with E-state index in [0.29, 0.717) is 43.4 Å². The lowest BCUT2D eigenvalue weighted by Crippen LogP contribution is -2.62. The monoisotopic (exact) mass is 1950 g/mol. The molecule has 135 heavy (non-hydrogen) atoms. The van der Waals surface area contributed by atoms with Gasteiger partial charge in [-0.15, -0.1) is 0 Å². The van der Waals surface area contributed by atoms with E-state index in [9.17, 15) is 97.1 Å². The van der Waals surface area contributed by atoms with Crippen molar-refractivity contribution < 1.29 is 97.1 Å². The van der Waals surface area contributed by atoms with Crippen LogP contribution in [0, 0.1) is 11.3 Å². The SMILES string of the molecule is CCCCCCCCCCCCCCCCC(NC(=O)CCCCCCCCCCCCC)C(=O)N[C@@H](CCSC)C(=O)NCC(=O)N[C@@H](Cc1ccc(O)cc1)C(=O)N[C@@H](CCC(N)=O)C(=O)N[C@@H](CCCCN)C(=O)N[C@@H](CCCCN)C(=O)N[C@@H](CC(C)C)C(=O)N[C@@H](CCCNC(=N)N)C(=O)N[C@@H](CO)C(=O)N[C@@H](CCSC)C(=O)N[C@H](C(=O)N[C@@H](CC(=O)O)C(N)=O)[C@@H](C)O. The van der Waals surface area contributed by atoms with E-state index >= 15 is 0 Å². The second kappa shape index (κ2) is 75.5. The highest BCUT2D eigenvalue weighted by molar-refractivity contribution is 7.98. The number of hydrogen-bond acceptors (Lipinski definition) is 24. The van der Waals surface area contributed by atoms with E-state index in [-0.39, 0.29) is 114 Å². The molecule has 1 unspecified atom stereocenters. The standard InChI is InChI=1S/C93H166N20O20S2/c1-8-10-12-14-16-18-20-21-22-24-25-27-29-31-38-65(102-77(118)42-32-30-28-26-23-19-17-15-13-11-9-2)83(124)108-70(49-54-134-6)82(123)101-59-78(119)103-74(57-63-43-45-64(116)46-44-63)90(131)107-69(47-48-76(96)117)87(128)105-66(39-33-35-51-94)84(125)104-67(40-34-36-52-95)85(126)111-73(56-61(3)4)89(130)106-68(41-37-53-100-93(98)99)86(127)112-75(60-114)91(132)109-71(50-55-135-7)88(129)113-80(62(5)115)92(133)110-72(81(97)122)58-79(120)121/h43-46,61-62,65-75,80,114-116H,8-42,47-60,94-95H2,1-7H3,(H2,96,117)(H2,97,122)(H,101,123)(H,102,118)(H,103,119)(H,104,125)(H,105,128)(H,106,130)(H,107,131)(H,108,124)(H,109,132)(H,110,133)(H,111,126)(H,112,127)(H,113,129)(H,120,121)(H4,98,99,100)/t62-,65?,66+,67+,68+,69+,70+,71+,72+,73+,74+,75+,80+/m1/s1. The Morgan fingerprint density at radius 1 is 0.378 bits per heavy atom. The van der Waals surface area contributed by atoms with E-state index in [4.69, 9.17) is 34.1 Å². The molecule has 1 aromatic rings. The van der Waals surface area contributed by atoms with Gasteiger partial charge in [0.05, 0.1) is 25.7 Å². The lowest BCUT2D eigenvalue weighted by atomic mass is 10.0. The Morgan fingerprint density at radius 2 is 0.726 bits per heavy atom. The fourth-order valence-electron chi connectivity index (χ4n) is 14.9. The van der Waals surface area contributed by atoms with Gasteiger partial charge in [-0.2, -0.15) is 23.5 Å². The second-order valence-corrected chi connectivity index (χ2v) is 37.2. The number of phenols is 1. The molecule has 0 fully saturated rings. The number of carbonyl (C=O) groups excluding carboxylic acids is 15. The number of unbranched alkanes of at least 4 members (excludes halogenated alkanes) is 25. The number of thioether (sulfide) groups is 2. The number of aliphatic hydroxyl groups excluding tert-OH is 2. The smallest absolute Gasteiger partial charge is 0.305 e. The molecule has 1 rings (SSSR count). The Balaban J connectivity index is 3.69. The van der Waals surface area contributed by atoms with Crippen molar-refractivity contribution in [1.29, 1.82) is 5.41 Å². The molecule has 0 bridgehead atoms. The summed E-state index contributed by atoms with van der Waals surface area (Å²) in [6.45, 7) is 7.43. The number of hydrogen-bond donors (Lipinski definition) is 24. The molecule has 0 heterocycles. The Labute approximate surface area is 806 Å². The van der Waals surface area contributed by atoms with Gasteiger partial charge in [-0.3, -0.25) is 82.1 Å². The van der Waals surface area contributed by atoms with Gasteiger partial charge in [0.25, 0.3) is 0 Å². The van der Waals surface area contributed by atoms with Crippen LogP contribution in [0.1, 0.15) is 303 Å². The van der Waals surface area contributed by atoms with Crippen molar-refractivity contribution in [2.75, 3.05) is 56.8 Å². The van der Waals surface area contributed by atoms with Crippen LogP contribution in [0.25, 0.3) is 0 Å². The third kappa shape index (κ3) is 58.5. The maximum absolute atomic E-state index is 14.9. The number of nitrogens with one attached hydrogen (secondary N) is 15. The number of carbonyl (C=O) groups is 16. The molecule has 0 aliphatic rings. The Hall–Kier alpha value is -9.65. The topological polar surface area (TPSA) is 676 Å². The lowest BCUT2D eigenvalue weighted by Gasteiger charge is -2.29. The molecule has 42 heteroatoms. The summed E-state index contributed by atoms with van der Waals surface area (Å²) >= 11 is 2.66. The van der Waals surface area contributed by atoms with E-state index < -0.39 is 206 Å². The predicted molar refractivity (Wildman–Crippen MR) is 523 cm³/mol. The van der Waals surface area contributed by atoms with E-state index in [1.54, 1.807) is 20.1 Å². The minimum absolute atomic E-state index is 0.0197. The van der Waals surface area contributed by atoms with Gasteiger partial charge in [0.2, 0.25) is 88.6 Å². The normalized spacial score (nSPS) is 14.1. The van der Waals surface area contributed by atoms with Crippen molar-refractivity contribution in [1.82, 2.24) is 74.4 Å². The number of rotatable bonds is 82. The molecule has 29 N–H and O–H groups in total. The molecule has 15 amide bonds. The minimum atomic E-state index is -1.85. The average Bonchev–Trinajstić information content (AvgIpc) is 0.852. The Morgan fingerprint density at radius 3 is 1.13 bits per heavy atom. The molecule has 0 saturated carbocycles. The van der Waals surface area contributed by atoms with Gasteiger partial charge in [0.1, 0.15) is 78.3 Å². The molecule has 0 aromatic heterocycles. The molecule has 1 aromatic carbocycles. The number of aliphatic carboxylic acids is 1. The van der Waals surface area contributed by atoms with Gasteiger partial charge >= 0.3 is 5.97 Å². The summed E-state index contributed by atoms with van der Waals surface area (Å²) in [6, 6.07) is -12.7. The van der Waals surface area contributed by atoms with Crippen molar-refractivity contribution in [2.24, 2.45) is 34.6 Å². The zero-order valence-corrected chi connectivity index (χ0v) is 82.7. The van der Waals surface area contributed by atoms with Gasteiger partial charge in [-0.05, 0) is 158 Å². The van der Waals surface area contributed by atoms with Crippen LogP contribution < -0.4 is 103 Å². The van der Waals surface area contributed by atoms with Crippen LogP contribution in [0.15, 0.2) is 24.3 Å². The first-order valence-corrected chi connectivity index (χ1v) is 51.5. The highest BCUT2D eigenvalue weighted by atomic mass is 32.2. The minimum Gasteiger partial charge on any atom is -0.508 e. The number of guanidine groups is 1. The van der Waals surface area contributed by atoms with E-state index in [1.807, 2.05) is 6.26 Å². The molecule has 0 aliphatic carbocycles. The number of amides is 15. The quantitative estimate of drug-likeness (QED) is 0.0253. The number of aliphatic hydroxyl groups is 2. The summed E-state index contributed by atoms with van der Waals surface area (Å²) in [7, 11) is 0. The van der Waals surface area contributed by atoms with Crippen molar-refractivity contribution in [3.8, 4) is 5.75 Å². The highest BCUT2D eigenvalue weighted by Gasteiger charge is 2.38. The number of carboxylic acids is 1. The summed E-state index contributed by atoms with van der Waals surface area (Å²) in [5.74, 6) is -15.7. The zero-order chi connectivity index (χ0) is 101. The molecule has 0 radical (unpaired) electrons. The molecule has 0 spiro atoms. The van der Waals surface area contributed by atoms with Crippen LogP contribution in [0.5, 0.6) is 5.75 Å². The van der Waals surface area contributed by atoms with Crippen molar-refractivity contribution in [2.45, 2.75) is 383 Å². The van der Waals surface area contributed by atoms with Crippen molar-refractivity contribution in [3.05, 3.63) is 29.8 Å². The second-order valence-electron chi connectivity index (χ2n) is 35.2. The van der Waals surface area contributed by atoms with Crippen LogP contribution in [0.3, 0.4) is 0 Å². The number of nitrogens with two attached hydrogens (primary N) is 5. The maximum atomic E-state index is 14.9.